The number of sulfonamides is 1. The number of amides is 1. The number of nitrogens with one attached hydrogen (secondary N) is 1. The number of aliphatic carboxylic acids is 1. The predicted octanol–water partition coefficient (Wildman–Crippen LogP) is 0.274. The van der Waals surface area contributed by atoms with Crippen LogP contribution in [0.15, 0.2) is 16.3 Å². The maximum absolute atomic E-state index is 12.6. The van der Waals surface area contributed by atoms with Gasteiger partial charge in [-0.1, -0.05) is 0 Å². The van der Waals surface area contributed by atoms with Crippen molar-refractivity contribution in [3.8, 4) is 0 Å². The van der Waals surface area contributed by atoms with Gasteiger partial charge in [0.1, 0.15) is 10.3 Å². The molecule has 1 aliphatic heterocycles. The highest BCUT2D eigenvalue weighted by Crippen LogP contribution is 2.30. The fraction of sp³-hybridized carbons (Fsp3) is 0.500. The Balaban J connectivity index is 2.26. The topological polar surface area (TPSA) is 104 Å². The zero-order valence-corrected chi connectivity index (χ0v) is 13.0. The second-order valence-electron chi connectivity index (χ2n) is 4.68. The van der Waals surface area contributed by atoms with Gasteiger partial charge in [0.05, 0.1) is 6.42 Å². The van der Waals surface area contributed by atoms with Crippen LogP contribution in [-0.4, -0.2) is 49.3 Å². The van der Waals surface area contributed by atoms with Crippen molar-refractivity contribution in [3.63, 3.8) is 0 Å². The molecule has 1 aliphatic rings. The summed E-state index contributed by atoms with van der Waals surface area (Å²) in [5.74, 6) is -1.33. The molecular weight excluding hydrogens is 316 g/mol. The average Bonchev–Trinajstić information content (AvgIpc) is 3.05. The molecule has 7 nitrogen and oxygen atoms in total. The molecule has 9 heteroatoms. The van der Waals surface area contributed by atoms with Crippen LogP contribution < -0.4 is 5.32 Å². The molecule has 0 saturated carbocycles. The van der Waals surface area contributed by atoms with E-state index in [2.05, 4.69) is 5.32 Å². The minimum atomic E-state index is -3.76. The fourth-order valence-electron chi connectivity index (χ4n) is 2.31. The highest BCUT2D eigenvalue weighted by atomic mass is 32.2. The van der Waals surface area contributed by atoms with E-state index < -0.39 is 22.0 Å². The lowest BCUT2D eigenvalue weighted by molar-refractivity contribution is -0.136. The van der Waals surface area contributed by atoms with Crippen LogP contribution in [0.4, 0.5) is 0 Å². The molecular formula is C12H16N2O5S2. The Morgan fingerprint density at radius 3 is 2.81 bits per heavy atom. The molecule has 1 unspecified atom stereocenters. The Kier molecular flexibility index (Phi) is 4.64. The molecule has 2 rings (SSSR count). The van der Waals surface area contributed by atoms with Gasteiger partial charge in [-0.25, -0.2) is 8.42 Å². The third kappa shape index (κ3) is 3.25. The van der Waals surface area contributed by atoms with Crippen molar-refractivity contribution in [2.75, 3.05) is 13.6 Å². The molecule has 0 aliphatic carbocycles. The zero-order chi connectivity index (χ0) is 15.6. The molecule has 21 heavy (non-hydrogen) atoms. The van der Waals surface area contributed by atoms with E-state index in [4.69, 9.17) is 5.11 Å². The van der Waals surface area contributed by atoms with Gasteiger partial charge in [-0.15, -0.1) is 11.3 Å². The Morgan fingerprint density at radius 1 is 1.48 bits per heavy atom. The van der Waals surface area contributed by atoms with Crippen LogP contribution in [-0.2, 0) is 26.0 Å². The van der Waals surface area contributed by atoms with Gasteiger partial charge < -0.3 is 10.4 Å². The van der Waals surface area contributed by atoms with Crippen molar-refractivity contribution < 1.29 is 23.1 Å². The third-order valence-corrected chi connectivity index (χ3v) is 6.74. The summed E-state index contributed by atoms with van der Waals surface area (Å²) >= 11 is 0.934. The van der Waals surface area contributed by atoms with Crippen molar-refractivity contribution in [1.82, 2.24) is 9.62 Å². The zero-order valence-electron chi connectivity index (χ0n) is 11.4. The van der Waals surface area contributed by atoms with Crippen molar-refractivity contribution in [1.29, 1.82) is 0 Å². The van der Waals surface area contributed by atoms with E-state index in [0.717, 1.165) is 11.3 Å². The van der Waals surface area contributed by atoms with Gasteiger partial charge in [0.2, 0.25) is 5.91 Å². The highest BCUT2D eigenvalue weighted by molar-refractivity contribution is 7.91. The van der Waals surface area contributed by atoms with Gasteiger partial charge in [-0.2, -0.15) is 4.31 Å². The number of nitrogens with zero attached hydrogens (tertiary/aromatic N) is 1. The maximum Gasteiger partial charge on any atom is 0.308 e. The van der Waals surface area contributed by atoms with Crippen LogP contribution in [0.2, 0.25) is 0 Å². The Hall–Kier alpha value is -1.45. The first kappa shape index (κ1) is 15.9. The monoisotopic (exact) mass is 332 g/mol. The van der Waals surface area contributed by atoms with Crippen molar-refractivity contribution in [2.24, 2.45) is 0 Å². The van der Waals surface area contributed by atoms with Crippen LogP contribution in [0.3, 0.4) is 0 Å². The Morgan fingerprint density at radius 2 is 2.19 bits per heavy atom. The first-order valence-corrected chi connectivity index (χ1v) is 8.66. The predicted molar refractivity (Wildman–Crippen MR) is 76.6 cm³/mol. The summed E-state index contributed by atoms with van der Waals surface area (Å²) in [5.41, 5.74) is 0. The van der Waals surface area contributed by atoms with Gasteiger partial charge >= 0.3 is 5.97 Å². The van der Waals surface area contributed by atoms with E-state index in [0.29, 0.717) is 24.3 Å². The number of rotatable bonds is 5. The maximum atomic E-state index is 12.6. The van der Waals surface area contributed by atoms with Crippen LogP contribution in [0.1, 0.15) is 17.7 Å². The molecule has 0 bridgehead atoms. The Labute approximate surface area is 126 Å². The second-order valence-corrected chi connectivity index (χ2v) is 7.97. The van der Waals surface area contributed by atoms with Gasteiger partial charge in [0.25, 0.3) is 10.0 Å². The number of carboxylic acid groups (broad SMARTS) is 1. The summed E-state index contributed by atoms with van der Waals surface area (Å²) in [6.07, 6.45) is 0.913. The van der Waals surface area contributed by atoms with Gasteiger partial charge in [0.15, 0.2) is 0 Å². The largest absolute Gasteiger partial charge is 0.481 e. The molecule has 2 N–H and O–H groups in total. The van der Waals surface area contributed by atoms with Crippen LogP contribution in [0.5, 0.6) is 0 Å². The summed E-state index contributed by atoms with van der Waals surface area (Å²) < 4.78 is 26.4. The molecule has 1 aromatic heterocycles. The van der Waals surface area contributed by atoms with Gasteiger partial charge in [-0.3, -0.25) is 9.59 Å². The van der Waals surface area contributed by atoms with E-state index in [1.807, 2.05) is 0 Å². The Bertz CT molecular complexity index is 652. The summed E-state index contributed by atoms with van der Waals surface area (Å²) in [5, 5.41) is 11.2. The minimum Gasteiger partial charge on any atom is -0.481 e. The molecule has 0 radical (unpaired) electrons. The van der Waals surface area contributed by atoms with E-state index >= 15 is 0 Å². The number of hydrogen-bond acceptors (Lipinski definition) is 5. The third-order valence-electron chi connectivity index (χ3n) is 3.28. The number of carbonyl (C=O) groups is 2. The summed E-state index contributed by atoms with van der Waals surface area (Å²) in [6.45, 7) is 0.298. The number of likely N-dealkylation sites (N-methyl/N-ethyl adjacent to an activating group) is 1. The van der Waals surface area contributed by atoms with E-state index in [1.165, 1.54) is 23.5 Å². The molecule has 1 atom stereocenters. The standard InChI is InChI=1S/C12H16N2O5S2/c1-13-12(17)9-3-2-6-14(9)21(18,19)11-5-4-8(20-11)7-10(15)16/h4-5,9H,2-3,6-7H2,1H3,(H,13,17)(H,15,16). The normalized spacial score (nSPS) is 19.6. The van der Waals surface area contributed by atoms with Gasteiger partial charge in [0, 0.05) is 18.5 Å². The second kappa shape index (κ2) is 6.12. The highest BCUT2D eigenvalue weighted by Gasteiger charge is 2.39. The summed E-state index contributed by atoms with van der Waals surface area (Å²) in [6, 6.07) is 2.21. The molecule has 0 spiro atoms. The number of carbonyl (C=O) groups excluding carboxylic acids is 1. The average molecular weight is 332 g/mol. The van der Waals surface area contributed by atoms with Crippen LogP contribution in [0.25, 0.3) is 0 Å². The number of carboxylic acids is 1. The molecule has 1 saturated heterocycles. The lowest BCUT2D eigenvalue weighted by Gasteiger charge is -2.21. The SMILES string of the molecule is CNC(=O)C1CCCN1S(=O)(=O)c1ccc(CC(=O)O)s1. The van der Waals surface area contributed by atoms with Crippen LogP contribution in [0, 0.1) is 0 Å². The van der Waals surface area contributed by atoms with E-state index in [1.54, 1.807) is 0 Å². The molecule has 116 valence electrons. The lowest BCUT2D eigenvalue weighted by Crippen LogP contribution is -2.44. The molecule has 1 amide bonds. The van der Waals surface area contributed by atoms with Crippen molar-refractivity contribution in [2.45, 2.75) is 29.5 Å². The number of thiophene rings is 1. The quantitative estimate of drug-likeness (QED) is 0.806. The number of hydrogen-bond donors (Lipinski definition) is 2. The van der Waals surface area contributed by atoms with Crippen molar-refractivity contribution in [3.05, 3.63) is 17.0 Å². The lowest BCUT2D eigenvalue weighted by atomic mass is 10.2. The minimum absolute atomic E-state index is 0.0783. The van der Waals surface area contributed by atoms with Crippen molar-refractivity contribution >= 4 is 33.2 Å². The van der Waals surface area contributed by atoms with E-state index in [9.17, 15) is 18.0 Å². The summed E-state index contributed by atoms with van der Waals surface area (Å²) in [4.78, 5) is 22.9. The van der Waals surface area contributed by atoms with Crippen LogP contribution >= 0.6 is 11.3 Å². The molecule has 0 aromatic carbocycles. The van der Waals surface area contributed by atoms with E-state index in [-0.39, 0.29) is 16.5 Å². The first-order valence-electron chi connectivity index (χ1n) is 6.40. The molecule has 1 aromatic rings. The molecule has 1 fully saturated rings. The smallest absolute Gasteiger partial charge is 0.308 e. The fourth-order valence-corrected chi connectivity index (χ4v) is 5.45. The molecule has 2 heterocycles. The first-order chi connectivity index (χ1) is 9.86. The summed E-state index contributed by atoms with van der Waals surface area (Å²) in [7, 11) is -2.29. The van der Waals surface area contributed by atoms with Gasteiger partial charge in [-0.05, 0) is 25.0 Å².